The van der Waals surface area contributed by atoms with Crippen LogP contribution in [0.1, 0.15) is 18.4 Å². The van der Waals surface area contributed by atoms with Gasteiger partial charge in [0, 0.05) is 24.2 Å². The van der Waals surface area contributed by atoms with Gasteiger partial charge in [0.1, 0.15) is 5.82 Å². The van der Waals surface area contributed by atoms with E-state index in [-0.39, 0.29) is 30.0 Å². The maximum absolute atomic E-state index is 12.8. The van der Waals surface area contributed by atoms with Gasteiger partial charge in [0.25, 0.3) is 0 Å². The van der Waals surface area contributed by atoms with Crippen LogP contribution in [0.4, 0.5) is 4.39 Å². The van der Waals surface area contributed by atoms with Crippen LogP contribution in [0, 0.1) is 11.7 Å². The van der Waals surface area contributed by atoms with Crippen LogP contribution >= 0.6 is 0 Å². The van der Waals surface area contributed by atoms with E-state index < -0.39 is 15.1 Å². The third kappa shape index (κ3) is 2.21. The van der Waals surface area contributed by atoms with Crippen molar-refractivity contribution in [2.75, 3.05) is 12.4 Å². The van der Waals surface area contributed by atoms with Crippen molar-refractivity contribution in [3.05, 3.63) is 35.6 Å². The molecule has 1 aromatic carbocycles. The number of benzene rings is 1. The predicted octanol–water partition coefficient (Wildman–Crippen LogP) is 1.33. The molecule has 0 amide bonds. The highest BCUT2D eigenvalue weighted by atomic mass is 32.2. The van der Waals surface area contributed by atoms with E-state index in [0.29, 0.717) is 0 Å². The van der Waals surface area contributed by atoms with Crippen molar-refractivity contribution in [3.8, 4) is 0 Å². The highest BCUT2D eigenvalue weighted by Gasteiger charge is 2.57. The molecule has 0 aromatic heterocycles. The van der Waals surface area contributed by atoms with Gasteiger partial charge < -0.3 is 5.11 Å². The minimum Gasteiger partial charge on any atom is -0.396 e. The maximum Gasteiger partial charge on any atom is 0.153 e. The van der Waals surface area contributed by atoms with Crippen molar-refractivity contribution in [1.82, 2.24) is 0 Å². The quantitative estimate of drug-likeness (QED) is 0.886. The number of sulfone groups is 1. The molecule has 1 N–H and O–H groups in total. The van der Waals surface area contributed by atoms with E-state index in [1.165, 1.54) is 12.1 Å². The Balaban J connectivity index is 2.26. The topological polar surface area (TPSA) is 54.4 Å². The molecule has 94 valence electrons. The fourth-order valence-electron chi connectivity index (χ4n) is 2.36. The van der Waals surface area contributed by atoms with Crippen molar-refractivity contribution < 1.29 is 17.9 Å². The maximum atomic E-state index is 12.8. The second kappa shape index (κ2) is 4.38. The highest BCUT2D eigenvalue weighted by molar-refractivity contribution is 7.92. The van der Waals surface area contributed by atoms with Crippen LogP contribution in [0.3, 0.4) is 0 Å². The van der Waals surface area contributed by atoms with Gasteiger partial charge >= 0.3 is 0 Å². The molecule has 1 fully saturated rings. The van der Waals surface area contributed by atoms with Crippen molar-refractivity contribution >= 4 is 9.84 Å². The van der Waals surface area contributed by atoms with E-state index >= 15 is 0 Å². The van der Waals surface area contributed by atoms with Gasteiger partial charge in [-0.1, -0.05) is 19.1 Å². The molecule has 0 radical (unpaired) electrons. The van der Waals surface area contributed by atoms with Crippen LogP contribution in [-0.4, -0.2) is 31.1 Å². The normalized spacial score (nSPS) is 28.1. The van der Waals surface area contributed by atoms with E-state index in [0.717, 1.165) is 5.56 Å². The Bertz CT molecular complexity index is 495. The van der Waals surface area contributed by atoms with Gasteiger partial charge in [0.05, 0.1) is 5.25 Å². The van der Waals surface area contributed by atoms with E-state index in [2.05, 4.69) is 0 Å². The lowest BCUT2D eigenvalue weighted by Gasteiger charge is -2.00. The lowest BCUT2D eigenvalue weighted by atomic mass is 10.1. The molecule has 5 heteroatoms. The van der Waals surface area contributed by atoms with E-state index in [1.807, 2.05) is 0 Å². The molecule has 1 aliphatic rings. The summed E-state index contributed by atoms with van der Waals surface area (Å²) >= 11 is 0. The molecule has 1 saturated carbocycles. The van der Waals surface area contributed by atoms with Gasteiger partial charge in [-0.3, -0.25) is 0 Å². The fraction of sp³-hybridized carbons (Fsp3) is 0.500. The zero-order valence-corrected chi connectivity index (χ0v) is 10.3. The molecular weight excluding hydrogens is 243 g/mol. The number of hydrogen-bond donors (Lipinski definition) is 1. The lowest BCUT2D eigenvalue weighted by molar-refractivity contribution is 0.274. The molecule has 0 unspecified atom stereocenters. The Labute approximate surface area is 100 Å². The molecule has 2 rings (SSSR count). The van der Waals surface area contributed by atoms with Crippen molar-refractivity contribution in [1.29, 1.82) is 0 Å². The first-order valence-corrected chi connectivity index (χ1v) is 7.30. The summed E-state index contributed by atoms with van der Waals surface area (Å²) in [6, 6.07) is 5.82. The summed E-state index contributed by atoms with van der Waals surface area (Å²) in [6.45, 7) is 1.45. The number of aliphatic hydroxyl groups is 1. The molecule has 0 bridgehead atoms. The smallest absolute Gasteiger partial charge is 0.153 e. The van der Waals surface area contributed by atoms with Gasteiger partial charge in [0.2, 0.25) is 0 Å². The van der Waals surface area contributed by atoms with Gasteiger partial charge in [-0.05, 0) is 17.7 Å². The van der Waals surface area contributed by atoms with E-state index in [1.54, 1.807) is 19.1 Å². The monoisotopic (exact) mass is 258 g/mol. The van der Waals surface area contributed by atoms with Gasteiger partial charge in [-0.2, -0.15) is 0 Å². The number of rotatable bonds is 4. The van der Waals surface area contributed by atoms with Gasteiger partial charge in [-0.25, -0.2) is 12.8 Å². The van der Waals surface area contributed by atoms with Crippen LogP contribution in [0.2, 0.25) is 0 Å². The standard InChI is InChI=1S/C12H15FO3S/c1-2-17(15,16)12-10(7-14)11(12)8-3-5-9(13)6-4-8/h3-6,10-12,14H,2,7H2,1H3/t10-,11+,12-/m1/s1. The second-order valence-electron chi connectivity index (χ2n) is 4.34. The summed E-state index contributed by atoms with van der Waals surface area (Å²) in [5, 5.41) is 8.67. The molecule has 3 atom stereocenters. The van der Waals surface area contributed by atoms with Gasteiger partial charge in [0.15, 0.2) is 9.84 Å². The molecule has 0 saturated heterocycles. The zero-order valence-electron chi connectivity index (χ0n) is 9.51. The molecule has 17 heavy (non-hydrogen) atoms. The third-order valence-corrected chi connectivity index (χ3v) is 5.66. The first kappa shape index (κ1) is 12.5. The summed E-state index contributed by atoms with van der Waals surface area (Å²) < 4.78 is 36.4. The summed E-state index contributed by atoms with van der Waals surface area (Å²) in [5.41, 5.74) is 0.785. The molecule has 0 aliphatic heterocycles. The largest absolute Gasteiger partial charge is 0.396 e. The van der Waals surface area contributed by atoms with E-state index in [9.17, 15) is 17.9 Å². The summed E-state index contributed by atoms with van der Waals surface area (Å²) in [5.74, 6) is -0.702. The zero-order chi connectivity index (χ0) is 12.6. The molecule has 1 aromatic rings. The Morgan fingerprint density at radius 1 is 1.29 bits per heavy atom. The average molecular weight is 258 g/mol. The molecule has 3 nitrogen and oxygen atoms in total. The van der Waals surface area contributed by atoms with Crippen LogP contribution in [-0.2, 0) is 9.84 Å². The lowest BCUT2D eigenvalue weighted by Crippen LogP contribution is -2.13. The molecule has 0 heterocycles. The van der Waals surface area contributed by atoms with Crippen LogP contribution in [0.15, 0.2) is 24.3 Å². The Kier molecular flexibility index (Phi) is 3.23. The average Bonchev–Trinajstić information content (AvgIpc) is 3.05. The second-order valence-corrected chi connectivity index (χ2v) is 6.79. The van der Waals surface area contributed by atoms with Crippen molar-refractivity contribution in [2.45, 2.75) is 18.1 Å². The summed E-state index contributed by atoms with van der Waals surface area (Å²) in [4.78, 5) is 0. The molecule has 1 aliphatic carbocycles. The number of aliphatic hydroxyl groups excluding tert-OH is 1. The molecule has 0 spiro atoms. The minimum absolute atomic E-state index is 0.0753. The first-order chi connectivity index (χ1) is 8.01. The molecular formula is C12H15FO3S. The Morgan fingerprint density at radius 2 is 1.88 bits per heavy atom. The van der Waals surface area contributed by atoms with Crippen LogP contribution in [0.5, 0.6) is 0 Å². The van der Waals surface area contributed by atoms with Crippen molar-refractivity contribution in [2.24, 2.45) is 5.92 Å². The fourth-order valence-corrected chi connectivity index (χ4v) is 4.25. The van der Waals surface area contributed by atoms with Crippen molar-refractivity contribution in [3.63, 3.8) is 0 Å². The number of halogens is 1. The number of hydrogen-bond acceptors (Lipinski definition) is 3. The van der Waals surface area contributed by atoms with Crippen LogP contribution in [0.25, 0.3) is 0 Å². The Morgan fingerprint density at radius 3 is 2.35 bits per heavy atom. The van der Waals surface area contributed by atoms with Crippen LogP contribution < -0.4 is 0 Å². The highest BCUT2D eigenvalue weighted by Crippen LogP contribution is 2.52. The minimum atomic E-state index is -3.15. The third-order valence-electron chi connectivity index (χ3n) is 3.38. The summed E-state index contributed by atoms with van der Waals surface area (Å²) in [7, 11) is -3.15. The first-order valence-electron chi connectivity index (χ1n) is 5.59. The predicted molar refractivity (Wildman–Crippen MR) is 63.0 cm³/mol. The summed E-state index contributed by atoms with van der Waals surface area (Å²) in [6.07, 6.45) is 0. The Hall–Kier alpha value is -0.940. The van der Waals surface area contributed by atoms with Gasteiger partial charge in [-0.15, -0.1) is 0 Å². The van der Waals surface area contributed by atoms with E-state index in [4.69, 9.17) is 0 Å². The SMILES string of the molecule is CCS(=O)(=O)[C@@H]1[C@H](CO)[C@@H]1c1ccc(F)cc1.